The molecule has 0 aliphatic heterocycles. The van der Waals surface area contributed by atoms with Crippen LogP contribution in [0.2, 0.25) is 0 Å². The predicted octanol–water partition coefficient (Wildman–Crippen LogP) is 3.35. The van der Waals surface area contributed by atoms with Crippen LogP contribution in [-0.2, 0) is 6.42 Å². The zero-order valence-corrected chi connectivity index (χ0v) is 11.6. The van der Waals surface area contributed by atoms with E-state index in [1.807, 2.05) is 22.9 Å². The van der Waals surface area contributed by atoms with Crippen LogP contribution in [0.5, 0.6) is 0 Å². The summed E-state index contributed by atoms with van der Waals surface area (Å²) in [5.74, 6) is 0.694. The van der Waals surface area contributed by atoms with E-state index >= 15 is 0 Å². The molecule has 0 saturated heterocycles. The van der Waals surface area contributed by atoms with E-state index in [9.17, 15) is 0 Å². The Morgan fingerprint density at radius 3 is 2.56 bits per heavy atom. The SMILES string of the molecule is Cc1cccc(-n2nc(CC(C)(C)C)cc2N)c1. The van der Waals surface area contributed by atoms with Gasteiger partial charge in [-0.25, -0.2) is 4.68 Å². The van der Waals surface area contributed by atoms with Gasteiger partial charge < -0.3 is 5.73 Å². The maximum atomic E-state index is 6.04. The van der Waals surface area contributed by atoms with Gasteiger partial charge in [0.2, 0.25) is 0 Å². The molecule has 1 heterocycles. The van der Waals surface area contributed by atoms with E-state index in [0.29, 0.717) is 5.82 Å². The second-order valence-corrected chi connectivity index (χ2v) is 6.05. The Balaban J connectivity index is 2.35. The summed E-state index contributed by atoms with van der Waals surface area (Å²) in [4.78, 5) is 0. The van der Waals surface area contributed by atoms with Gasteiger partial charge >= 0.3 is 0 Å². The summed E-state index contributed by atoms with van der Waals surface area (Å²) in [6.45, 7) is 8.68. The van der Waals surface area contributed by atoms with Gasteiger partial charge in [-0.2, -0.15) is 5.10 Å². The highest BCUT2D eigenvalue weighted by Crippen LogP contribution is 2.22. The minimum absolute atomic E-state index is 0.220. The number of aromatic nitrogens is 2. The fourth-order valence-electron chi connectivity index (χ4n) is 2.04. The zero-order chi connectivity index (χ0) is 13.3. The van der Waals surface area contributed by atoms with Crippen molar-refractivity contribution < 1.29 is 0 Å². The molecule has 0 atom stereocenters. The van der Waals surface area contributed by atoms with Crippen LogP contribution < -0.4 is 5.73 Å². The molecule has 3 heteroatoms. The van der Waals surface area contributed by atoms with Crippen LogP contribution >= 0.6 is 0 Å². The first-order valence-corrected chi connectivity index (χ1v) is 6.27. The molecule has 0 saturated carbocycles. The third-order valence-electron chi connectivity index (χ3n) is 2.75. The van der Waals surface area contributed by atoms with Gasteiger partial charge in [-0.3, -0.25) is 0 Å². The molecule has 0 unspecified atom stereocenters. The maximum absolute atomic E-state index is 6.04. The van der Waals surface area contributed by atoms with Crippen molar-refractivity contribution in [3.05, 3.63) is 41.6 Å². The first-order valence-electron chi connectivity index (χ1n) is 6.27. The number of nitrogen functional groups attached to an aromatic ring is 1. The van der Waals surface area contributed by atoms with Crippen molar-refractivity contribution in [1.29, 1.82) is 0 Å². The fraction of sp³-hybridized carbons (Fsp3) is 0.400. The third kappa shape index (κ3) is 2.92. The van der Waals surface area contributed by atoms with Crippen molar-refractivity contribution >= 4 is 5.82 Å². The van der Waals surface area contributed by atoms with Gasteiger partial charge in [0.25, 0.3) is 0 Å². The van der Waals surface area contributed by atoms with E-state index in [1.54, 1.807) is 0 Å². The molecule has 0 radical (unpaired) electrons. The minimum Gasteiger partial charge on any atom is -0.384 e. The smallest absolute Gasteiger partial charge is 0.127 e. The minimum atomic E-state index is 0.220. The van der Waals surface area contributed by atoms with Gasteiger partial charge in [0, 0.05) is 6.07 Å². The van der Waals surface area contributed by atoms with E-state index in [1.165, 1.54) is 5.56 Å². The van der Waals surface area contributed by atoms with E-state index in [4.69, 9.17) is 5.73 Å². The summed E-state index contributed by atoms with van der Waals surface area (Å²) >= 11 is 0. The molecule has 0 fully saturated rings. The number of hydrogen-bond donors (Lipinski definition) is 1. The second kappa shape index (κ2) is 4.48. The Kier molecular flexibility index (Phi) is 3.16. The molecule has 3 nitrogen and oxygen atoms in total. The van der Waals surface area contributed by atoms with Crippen LogP contribution in [-0.4, -0.2) is 9.78 Å². The molecular weight excluding hydrogens is 222 g/mol. The summed E-state index contributed by atoms with van der Waals surface area (Å²) < 4.78 is 1.81. The summed E-state index contributed by atoms with van der Waals surface area (Å²) in [6, 6.07) is 10.2. The summed E-state index contributed by atoms with van der Waals surface area (Å²) in [7, 11) is 0. The Morgan fingerprint density at radius 1 is 1.22 bits per heavy atom. The highest BCUT2D eigenvalue weighted by Gasteiger charge is 2.15. The second-order valence-electron chi connectivity index (χ2n) is 6.05. The lowest BCUT2D eigenvalue weighted by atomic mass is 9.91. The van der Waals surface area contributed by atoms with Crippen LogP contribution in [0.25, 0.3) is 5.69 Å². The van der Waals surface area contributed by atoms with Crippen molar-refractivity contribution in [3.8, 4) is 5.69 Å². The predicted molar refractivity (Wildman–Crippen MR) is 75.9 cm³/mol. The molecule has 18 heavy (non-hydrogen) atoms. The van der Waals surface area contributed by atoms with Crippen LogP contribution in [0.4, 0.5) is 5.82 Å². The average Bonchev–Trinajstić information content (AvgIpc) is 2.56. The summed E-state index contributed by atoms with van der Waals surface area (Å²) in [5, 5.41) is 4.60. The standard InChI is InChI=1S/C15H21N3/c1-11-6-5-7-13(8-11)18-14(16)9-12(17-18)10-15(2,3)4/h5-9H,10,16H2,1-4H3. The molecule has 0 bridgehead atoms. The Bertz CT molecular complexity index is 547. The maximum Gasteiger partial charge on any atom is 0.127 e. The number of nitrogens with two attached hydrogens (primary N) is 1. The molecular formula is C15H21N3. The Hall–Kier alpha value is -1.77. The van der Waals surface area contributed by atoms with Gasteiger partial charge in [-0.15, -0.1) is 0 Å². The monoisotopic (exact) mass is 243 g/mol. The van der Waals surface area contributed by atoms with E-state index in [-0.39, 0.29) is 5.41 Å². The van der Waals surface area contributed by atoms with E-state index < -0.39 is 0 Å². The molecule has 1 aromatic carbocycles. The Morgan fingerprint density at radius 2 is 1.94 bits per heavy atom. The molecule has 0 aliphatic rings. The van der Waals surface area contributed by atoms with Gasteiger partial charge in [-0.05, 0) is 36.5 Å². The molecule has 1 aromatic heterocycles. The highest BCUT2D eigenvalue weighted by molar-refractivity contribution is 5.44. The number of benzene rings is 1. The molecule has 2 aromatic rings. The third-order valence-corrected chi connectivity index (χ3v) is 2.75. The van der Waals surface area contributed by atoms with Crippen LogP contribution in [0, 0.1) is 12.3 Å². The first kappa shape index (κ1) is 12.7. The van der Waals surface area contributed by atoms with Crippen molar-refractivity contribution in [2.45, 2.75) is 34.1 Å². The van der Waals surface area contributed by atoms with Crippen molar-refractivity contribution in [1.82, 2.24) is 9.78 Å². The first-order chi connectivity index (χ1) is 8.35. The lowest BCUT2D eigenvalue weighted by Gasteiger charge is -2.15. The lowest BCUT2D eigenvalue weighted by Crippen LogP contribution is -2.10. The largest absolute Gasteiger partial charge is 0.384 e. The van der Waals surface area contributed by atoms with E-state index in [0.717, 1.165) is 17.8 Å². The van der Waals surface area contributed by atoms with Crippen molar-refractivity contribution in [3.63, 3.8) is 0 Å². The van der Waals surface area contributed by atoms with Gasteiger partial charge in [0.05, 0.1) is 11.4 Å². The number of hydrogen-bond acceptors (Lipinski definition) is 2. The highest BCUT2D eigenvalue weighted by atomic mass is 15.3. The van der Waals surface area contributed by atoms with Gasteiger partial charge in [-0.1, -0.05) is 32.9 Å². The lowest BCUT2D eigenvalue weighted by molar-refractivity contribution is 0.405. The van der Waals surface area contributed by atoms with Crippen molar-refractivity contribution in [2.24, 2.45) is 5.41 Å². The molecule has 0 amide bonds. The zero-order valence-electron chi connectivity index (χ0n) is 11.6. The van der Waals surface area contributed by atoms with Gasteiger partial charge in [0.1, 0.15) is 5.82 Å². The van der Waals surface area contributed by atoms with Crippen molar-refractivity contribution in [2.75, 3.05) is 5.73 Å². The van der Waals surface area contributed by atoms with Crippen LogP contribution in [0.1, 0.15) is 32.0 Å². The van der Waals surface area contributed by atoms with E-state index in [2.05, 4.69) is 44.9 Å². The fourth-order valence-corrected chi connectivity index (χ4v) is 2.04. The normalized spacial score (nSPS) is 11.8. The molecule has 2 rings (SSSR count). The number of nitrogens with zero attached hydrogens (tertiary/aromatic N) is 2. The molecule has 0 aliphatic carbocycles. The molecule has 96 valence electrons. The Labute approximate surface area is 109 Å². The number of aryl methyl sites for hydroxylation is 1. The van der Waals surface area contributed by atoms with Crippen LogP contribution in [0.3, 0.4) is 0 Å². The summed E-state index contributed by atoms with van der Waals surface area (Å²) in [6.07, 6.45) is 0.927. The van der Waals surface area contributed by atoms with Crippen LogP contribution in [0.15, 0.2) is 30.3 Å². The number of rotatable bonds is 2. The molecule has 2 N–H and O–H groups in total. The number of anilines is 1. The van der Waals surface area contributed by atoms with Gasteiger partial charge in [0.15, 0.2) is 0 Å². The summed E-state index contributed by atoms with van der Waals surface area (Å²) in [5.41, 5.74) is 9.54. The average molecular weight is 243 g/mol. The molecule has 0 spiro atoms. The quantitative estimate of drug-likeness (QED) is 0.879. The topological polar surface area (TPSA) is 43.8 Å².